The summed E-state index contributed by atoms with van der Waals surface area (Å²) in [6.07, 6.45) is 3.04. The summed E-state index contributed by atoms with van der Waals surface area (Å²) in [5.74, 6) is -0.145. The van der Waals surface area contributed by atoms with Crippen molar-refractivity contribution in [2.45, 2.75) is 39.3 Å². The van der Waals surface area contributed by atoms with E-state index in [1.165, 1.54) is 6.07 Å². The number of halogens is 1. The zero-order chi connectivity index (χ0) is 13.2. The highest BCUT2D eigenvalue weighted by atomic mass is 19.1. The molecule has 2 rings (SSSR count). The normalized spacial score (nSPS) is 12.2. The quantitative estimate of drug-likeness (QED) is 0.856. The topological polar surface area (TPSA) is 17.0 Å². The molecule has 0 unspecified atom stereocenters. The van der Waals surface area contributed by atoms with E-state index in [1.54, 1.807) is 6.07 Å². The van der Waals surface area contributed by atoms with Crippen LogP contribution in [0.15, 0.2) is 30.5 Å². The van der Waals surface area contributed by atoms with Crippen LogP contribution in [0, 0.1) is 5.82 Å². The predicted octanol–water partition coefficient (Wildman–Crippen LogP) is 3.56. The molecular formula is C15H21FN2. The van der Waals surface area contributed by atoms with Gasteiger partial charge in [0.05, 0.1) is 5.52 Å². The summed E-state index contributed by atoms with van der Waals surface area (Å²) >= 11 is 0. The summed E-state index contributed by atoms with van der Waals surface area (Å²) in [6, 6.07) is 7.07. The molecule has 1 aromatic carbocycles. The Balaban J connectivity index is 2.07. The van der Waals surface area contributed by atoms with E-state index < -0.39 is 0 Å². The second-order valence-electron chi connectivity index (χ2n) is 5.35. The molecule has 0 spiro atoms. The fraction of sp³-hybridized carbons (Fsp3) is 0.467. The molecule has 0 aliphatic heterocycles. The molecule has 0 saturated carbocycles. The first-order valence-electron chi connectivity index (χ1n) is 6.52. The van der Waals surface area contributed by atoms with Crippen LogP contribution in [0.25, 0.3) is 10.9 Å². The van der Waals surface area contributed by atoms with Crippen molar-refractivity contribution in [3.05, 3.63) is 36.3 Å². The van der Waals surface area contributed by atoms with Crippen molar-refractivity contribution in [1.29, 1.82) is 0 Å². The first-order valence-corrected chi connectivity index (χ1v) is 6.52. The van der Waals surface area contributed by atoms with Crippen LogP contribution in [0.5, 0.6) is 0 Å². The van der Waals surface area contributed by atoms with Crippen LogP contribution in [0.2, 0.25) is 0 Å². The highest BCUT2D eigenvalue weighted by Gasteiger charge is 2.13. The van der Waals surface area contributed by atoms with Crippen molar-refractivity contribution < 1.29 is 4.39 Å². The Hall–Kier alpha value is -1.35. The summed E-state index contributed by atoms with van der Waals surface area (Å²) in [4.78, 5) is 0. The largest absolute Gasteiger partial charge is 0.346 e. The number of fused-ring (bicyclic) bond motifs is 1. The van der Waals surface area contributed by atoms with Crippen molar-refractivity contribution in [2.75, 3.05) is 6.54 Å². The molecule has 0 atom stereocenters. The summed E-state index contributed by atoms with van der Waals surface area (Å²) in [5, 5.41) is 4.21. The molecule has 1 aromatic heterocycles. The van der Waals surface area contributed by atoms with E-state index in [-0.39, 0.29) is 11.4 Å². The maximum atomic E-state index is 13.5. The lowest BCUT2D eigenvalue weighted by Crippen LogP contribution is -2.40. The molecule has 18 heavy (non-hydrogen) atoms. The Morgan fingerprint density at radius 2 is 2.06 bits per heavy atom. The average molecular weight is 248 g/mol. The molecule has 0 amide bonds. The van der Waals surface area contributed by atoms with Gasteiger partial charge < -0.3 is 9.88 Å². The molecule has 2 aromatic rings. The minimum absolute atomic E-state index is 0.145. The molecule has 1 N–H and O–H groups in total. The van der Waals surface area contributed by atoms with Gasteiger partial charge in [-0.15, -0.1) is 0 Å². The number of benzene rings is 1. The van der Waals surface area contributed by atoms with Crippen LogP contribution >= 0.6 is 0 Å². The third-order valence-corrected chi connectivity index (χ3v) is 3.60. The van der Waals surface area contributed by atoms with Crippen LogP contribution in [-0.2, 0) is 6.54 Å². The van der Waals surface area contributed by atoms with Gasteiger partial charge in [0.25, 0.3) is 0 Å². The summed E-state index contributed by atoms with van der Waals surface area (Å²) < 4.78 is 15.6. The van der Waals surface area contributed by atoms with Crippen molar-refractivity contribution >= 4 is 10.9 Å². The molecule has 3 heteroatoms. The Labute approximate surface area is 108 Å². The molecule has 0 aliphatic carbocycles. The minimum Gasteiger partial charge on any atom is -0.346 e. The number of hydrogen-bond acceptors (Lipinski definition) is 1. The van der Waals surface area contributed by atoms with Gasteiger partial charge in [0.2, 0.25) is 0 Å². The lowest BCUT2D eigenvalue weighted by Gasteiger charge is -2.24. The van der Waals surface area contributed by atoms with E-state index in [0.717, 1.165) is 25.0 Å². The van der Waals surface area contributed by atoms with Crippen molar-refractivity contribution in [3.63, 3.8) is 0 Å². The molecule has 98 valence electrons. The fourth-order valence-corrected chi connectivity index (χ4v) is 2.02. The van der Waals surface area contributed by atoms with Crippen molar-refractivity contribution in [2.24, 2.45) is 0 Å². The van der Waals surface area contributed by atoms with Crippen LogP contribution in [-0.4, -0.2) is 16.7 Å². The number of rotatable bonds is 5. The first kappa shape index (κ1) is 13.1. The standard InChI is InChI=1S/C15H21FN2/c1-4-15(2,3)17-9-11-18-10-8-12-13(16)6-5-7-14(12)18/h5-8,10,17H,4,9,11H2,1-3H3. The number of nitrogens with one attached hydrogen (secondary N) is 1. The monoisotopic (exact) mass is 248 g/mol. The molecule has 0 bridgehead atoms. The number of nitrogens with zero attached hydrogens (tertiary/aromatic N) is 1. The zero-order valence-corrected chi connectivity index (χ0v) is 11.3. The third-order valence-electron chi connectivity index (χ3n) is 3.60. The van der Waals surface area contributed by atoms with Crippen molar-refractivity contribution in [3.8, 4) is 0 Å². The maximum Gasteiger partial charge on any atom is 0.132 e. The van der Waals surface area contributed by atoms with E-state index in [4.69, 9.17) is 0 Å². The lowest BCUT2D eigenvalue weighted by atomic mass is 10.0. The van der Waals surface area contributed by atoms with Gasteiger partial charge in [0.1, 0.15) is 5.82 Å². The molecule has 0 radical (unpaired) electrons. The predicted molar refractivity (Wildman–Crippen MR) is 74.3 cm³/mol. The zero-order valence-electron chi connectivity index (χ0n) is 11.3. The van der Waals surface area contributed by atoms with Gasteiger partial charge in [-0.05, 0) is 38.5 Å². The molecular weight excluding hydrogens is 227 g/mol. The van der Waals surface area contributed by atoms with Crippen molar-refractivity contribution in [1.82, 2.24) is 9.88 Å². The van der Waals surface area contributed by atoms with Gasteiger partial charge in [0.15, 0.2) is 0 Å². The average Bonchev–Trinajstić information content (AvgIpc) is 2.74. The van der Waals surface area contributed by atoms with Crippen LogP contribution in [0.3, 0.4) is 0 Å². The molecule has 2 nitrogen and oxygen atoms in total. The molecule has 0 saturated heterocycles. The Kier molecular flexibility index (Phi) is 3.71. The lowest BCUT2D eigenvalue weighted by molar-refractivity contribution is 0.369. The summed E-state index contributed by atoms with van der Waals surface area (Å²) in [6.45, 7) is 8.31. The number of aromatic nitrogens is 1. The number of hydrogen-bond donors (Lipinski definition) is 1. The van der Waals surface area contributed by atoms with Crippen LogP contribution < -0.4 is 5.32 Å². The Bertz CT molecular complexity index is 528. The van der Waals surface area contributed by atoms with Crippen LogP contribution in [0.1, 0.15) is 27.2 Å². The Morgan fingerprint density at radius 3 is 2.78 bits per heavy atom. The van der Waals surface area contributed by atoms with E-state index in [9.17, 15) is 4.39 Å². The van der Waals surface area contributed by atoms with Gasteiger partial charge in [-0.1, -0.05) is 13.0 Å². The smallest absolute Gasteiger partial charge is 0.132 e. The van der Waals surface area contributed by atoms with Gasteiger partial charge in [-0.25, -0.2) is 4.39 Å². The van der Waals surface area contributed by atoms with E-state index in [2.05, 4.69) is 30.7 Å². The van der Waals surface area contributed by atoms with E-state index >= 15 is 0 Å². The summed E-state index contributed by atoms with van der Waals surface area (Å²) in [7, 11) is 0. The van der Waals surface area contributed by atoms with E-state index in [0.29, 0.717) is 5.39 Å². The molecule has 1 heterocycles. The second-order valence-corrected chi connectivity index (χ2v) is 5.35. The van der Waals surface area contributed by atoms with Gasteiger partial charge in [-0.2, -0.15) is 0 Å². The third kappa shape index (κ3) is 2.72. The van der Waals surface area contributed by atoms with E-state index in [1.807, 2.05) is 18.3 Å². The highest BCUT2D eigenvalue weighted by Crippen LogP contribution is 2.18. The second kappa shape index (κ2) is 5.11. The first-order chi connectivity index (χ1) is 8.53. The van der Waals surface area contributed by atoms with Gasteiger partial charge in [0, 0.05) is 30.2 Å². The fourth-order valence-electron chi connectivity index (χ4n) is 2.02. The minimum atomic E-state index is -0.145. The maximum absolute atomic E-state index is 13.5. The molecule has 0 aliphatic rings. The summed E-state index contributed by atoms with van der Waals surface area (Å²) in [5.41, 5.74) is 1.12. The van der Waals surface area contributed by atoms with Crippen LogP contribution in [0.4, 0.5) is 4.39 Å². The van der Waals surface area contributed by atoms with Gasteiger partial charge >= 0.3 is 0 Å². The van der Waals surface area contributed by atoms with Gasteiger partial charge in [-0.3, -0.25) is 0 Å². The highest BCUT2D eigenvalue weighted by molar-refractivity contribution is 5.80. The Morgan fingerprint density at radius 1 is 1.28 bits per heavy atom. The SMILES string of the molecule is CCC(C)(C)NCCn1ccc2c(F)cccc21. The molecule has 0 fully saturated rings.